The van der Waals surface area contributed by atoms with E-state index in [1.54, 1.807) is 4.57 Å². The van der Waals surface area contributed by atoms with E-state index < -0.39 is 0 Å². The van der Waals surface area contributed by atoms with Gasteiger partial charge in [-0.1, -0.05) is 13.0 Å². The number of halogens is 1. The normalized spacial score (nSPS) is 18.6. The highest BCUT2D eigenvalue weighted by Crippen LogP contribution is 2.29. The Kier molecular flexibility index (Phi) is 2.73. The van der Waals surface area contributed by atoms with Crippen molar-refractivity contribution in [1.82, 2.24) is 4.57 Å². The topological polar surface area (TPSA) is 31.2 Å². The van der Waals surface area contributed by atoms with Crippen molar-refractivity contribution in [2.24, 2.45) is 5.41 Å². The van der Waals surface area contributed by atoms with Crippen LogP contribution in [-0.2, 0) is 11.3 Å². The maximum absolute atomic E-state index is 11.9. The molecule has 0 amide bonds. The second kappa shape index (κ2) is 3.76. The van der Waals surface area contributed by atoms with Crippen LogP contribution in [-0.4, -0.2) is 17.8 Å². The van der Waals surface area contributed by atoms with Crippen molar-refractivity contribution < 1.29 is 4.74 Å². The summed E-state index contributed by atoms with van der Waals surface area (Å²) in [4.78, 5) is 11.9. The standard InChI is InChI=1S/C11H14BrNO2/c1-8-3-4-9(12)13(10(8)14)5-11(2)6-15-7-11/h3-4H,5-7H2,1-2H3. The van der Waals surface area contributed by atoms with Gasteiger partial charge in [-0.25, -0.2) is 0 Å². The summed E-state index contributed by atoms with van der Waals surface area (Å²) in [5.74, 6) is 0. The number of ether oxygens (including phenoxy) is 1. The van der Waals surface area contributed by atoms with Gasteiger partial charge in [-0.05, 0) is 28.9 Å². The second-order valence-corrected chi connectivity index (χ2v) is 5.35. The van der Waals surface area contributed by atoms with Gasteiger partial charge < -0.3 is 9.30 Å². The molecule has 1 aromatic rings. The zero-order chi connectivity index (χ0) is 11.1. The third-order valence-corrected chi connectivity index (χ3v) is 3.44. The molecule has 2 heterocycles. The molecule has 0 aliphatic carbocycles. The van der Waals surface area contributed by atoms with E-state index in [0.717, 1.165) is 23.4 Å². The molecule has 0 saturated carbocycles. The quantitative estimate of drug-likeness (QED) is 0.771. The molecule has 0 atom stereocenters. The van der Waals surface area contributed by atoms with E-state index in [4.69, 9.17) is 4.74 Å². The fraction of sp³-hybridized carbons (Fsp3) is 0.545. The minimum Gasteiger partial charge on any atom is -0.380 e. The van der Waals surface area contributed by atoms with Crippen molar-refractivity contribution in [3.63, 3.8) is 0 Å². The fourth-order valence-corrected chi connectivity index (χ4v) is 2.15. The zero-order valence-corrected chi connectivity index (χ0v) is 10.5. The summed E-state index contributed by atoms with van der Waals surface area (Å²) < 4.78 is 7.80. The molecule has 1 fully saturated rings. The Morgan fingerprint density at radius 1 is 1.53 bits per heavy atom. The molecule has 1 aliphatic heterocycles. The van der Waals surface area contributed by atoms with Crippen molar-refractivity contribution in [2.75, 3.05) is 13.2 Å². The lowest BCUT2D eigenvalue weighted by atomic mass is 9.88. The van der Waals surface area contributed by atoms with Crippen LogP contribution in [0.3, 0.4) is 0 Å². The summed E-state index contributed by atoms with van der Waals surface area (Å²) >= 11 is 3.41. The smallest absolute Gasteiger partial charge is 0.254 e. The molecule has 1 saturated heterocycles. The number of hydrogen-bond acceptors (Lipinski definition) is 2. The molecular weight excluding hydrogens is 258 g/mol. The first kappa shape index (κ1) is 10.9. The van der Waals surface area contributed by atoms with Crippen LogP contribution in [0.25, 0.3) is 0 Å². The average Bonchev–Trinajstić information content (AvgIpc) is 2.16. The Balaban J connectivity index is 2.35. The van der Waals surface area contributed by atoms with Crippen molar-refractivity contribution >= 4 is 15.9 Å². The molecule has 0 N–H and O–H groups in total. The maximum Gasteiger partial charge on any atom is 0.254 e. The van der Waals surface area contributed by atoms with Gasteiger partial charge in [0.1, 0.15) is 0 Å². The molecule has 3 nitrogen and oxygen atoms in total. The first-order valence-electron chi connectivity index (χ1n) is 4.96. The van der Waals surface area contributed by atoms with E-state index >= 15 is 0 Å². The van der Waals surface area contributed by atoms with Crippen LogP contribution in [0.1, 0.15) is 12.5 Å². The highest BCUT2D eigenvalue weighted by molar-refractivity contribution is 9.10. The third-order valence-electron chi connectivity index (χ3n) is 2.75. The molecule has 1 aliphatic rings. The summed E-state index contributed by atoms with van der Waals surface area (Å²) in [7, 11) is 0. The molecule has 0 unspecified atom stereocenters. The largest absolute Gasteiger partial charge is 0.380 e. The second-order valence-electron chi connectivity index (χ2n) is 4.53. The van der Waals surface area contributed by atoms with Gasteiger partial charge in [-0.15, -0.1) is 0 Å². The predicted octanol–water partition coefficient (Wildman–Crippen LogP) is 1.96. The third kappa shape index (κ3) is 2.01. The maximum atomic E-state index is 11.9. The summed E-state index contributed by atoms with van der Waals surface area (Å²) in [6.45, 7) is 6.16. The van der Waals surface area contributed by atoms with Crippen LogP contribution in [0.2, 0.25) is 0 Å². The zero-order valence-electron chi connectivity index (χ0n) is 8.92. The number of aryl methyl sites for hydroxylation is 1. The molecular formula is C11H14BrNO2. The van der Waals surface area contributed by atoms with Crippen LogP contribution in [0.5, 0.6) is 0 Å². The SMILES string of the molecule is Cc1ccc(Br)n(CC2(C)COC2)c1=O. The summed E-state index contributed by atoms with van der Waals surface area (Å²) in [6, 6.07) is 3.75. The predicted molar refractivity (Wildman–Crippen MR) is 62.1 cm³/mol. The van der Waals surface area contributed by atoms with E-state index in [-0.39, 0.29) is 11.0 Å². The van der Waals surface area contributed by atoms with Gasteiger partial charge in [0.05, 0.1) is 17.8 Å². The number of aromatic nitrogens is 1. The van der Waals surface area contributed by atoms with Crippen molar-refractivity contribution in [2.45, 2.75) is 20.4 Å². The average molecular weight is 272 g/mol. The Labute approximate surface area is 97.2 Å². The minimum absolute atomic E-state index is 0.0810. The minimum atomic E-state index is 0.0810. The van der Waals surface area contributed by atoms with Gasteiger partial charge in [-0.2, -0.15) is 0 Å². The lowest BCUT2D eigenvalue weighted by Gasteiger charge is -2.38. The van der Waals surface area contributed by atoms with Gasteiger partial charge in [0.2, 0.25) is 0 Å². The molecule has 0 aromatic carbocycles. The monoisotopic (exact) mass is 271 g/mol. The lowest BCUT2D eigenvalue weighted by Crippen LogP contribution is -2.45. The van der Waals surface area contributed by atoms with Crippen LogP contribution in [0, 0.1) is 12.3 Å². The van der Waals surface area contributed by atoms with E-state index in [1.807, 2.05) is 19.1 Å². The van der Waals surface area contributed by atoms with Crippen molar-refractivity contribution in [1.29, 1.82) is 0 Å². The molecule has 4 heteroatoms. The Hall–Kier alpha value is -0.610. The number of pyridine rings is 1. The van der Waals surface area contributed by atoms with Crippen molar-refractivity contribution in [3.8, 4) is 0 Å². The van der Waals surface area contributed by atoms with E-state index in [0.29, 0.717) is 6.54 Å². The van der Waals surface area contributed by atoms with Crippen LogP contribution in [0.4, 0.5) is 0 Å². The Morgan fingerprint density at radius 2 is 2.20 bits per heavy atom. The van der Waals surface area contributed by atoms with Crippen LogP contribution in [0.15, 0.2) is 21.5 Å². The molecule has 82 valence electrons. The Bertz CT molecular complexity index is 435. The molecule has 0 radical (unpaired) electrons. The van der Waals surface area contributed by atoms with Gasteiger partial charge >= 0.3 is 0 Å². The number of nitrogens with zero attached hydrogens (tertiary/aromatic N) is 1. The van der Waals surface area contributed by atoms with Gasteiger partial charge in [0.25, 0.3) is 5.56 Å². The summed E-state index contributed by atoms with van der Waals surface area (Å²) in [5, 5.41) is 0. The highest BCUT2D eigenvalue weighted by Gasteiger charge is 2.34. The number of rotatable bonds is 2. The highest BCUT2D eigenvalue weighted by atomic mass is 79.9. The lowest BCUT2D eigenvalue weighted by molar-refractivity contribution is -0.110. The van der Waals surface area contributed by atoms with Gasteiger partial charge in [-0.3, -0.25) is 4.79 Å². The molecule has 2 rings (SSSR count). The molecule has 0 spiro atoms. The first-order valence-corrected chi connectivity index (χ1v) is 5.75. The van der Waals surface area contributed by atoms with Crippen molar-refractivity contribution in [3.05, 3.63) is 32.7 Å². The summed E-state index contributed by atoms with van der Waals surface area (Å²) in [5.41, 5.74) is 0.972. The molecule has 0 bridgehead atoms. The number of hydrogen-bond donors (Lipinski definition) is 0. The van der Waals surface area contributed by atoms with E-state index in [1.165, 1.54) is 0 Å². The van der Waals surface area contributed by atoms with Gasteiger partial charge in [0, 0.05) is 17.5 Å². The van der Waals surface area contributed by atoms with E-state index in [2.05, 4.69) is 22.9 Å². The summed E-state index contributed by atoms with van der Waals surface area (Å²) in [6.07, 6.45) is 0. The molecule has 1 aromatic heterocycles. The van der Waals surface area contributed by atoms with Crippen LogP contribution < -0.4 is 5.56 Å². The molecule has 15 heavy (non-hydrogen) atoms. The van der Waals surface area contributed by atoms with Crippen LogP contribution >= 0.6 is 15.9 Å². The Morgan fingerprint density at radius 3 is 2.73 bits per heavy atom. The first-order chi connectivity index (χ1) is 7.02. The van der Waals surface area contributed by atoms with Gasteiger partial charge in [0.15, 0.2) is 0 Å². The van der Waals surface area contributed by atoms with E-state index in [9.17, 15) is 4.79 Å². The fourth-order valence-electron chi connectivity index (χ4n) is 1.74.